The minimum atomic E-state index is -0.566. The van der Waals surface area contributed by atoms with E-state index >= 15 is 0 Å². The summed E-state index contributed by atoms with van der Waals surface area (Å²) in [6.07, 6.45) is 1.70. The Morgan fingerprint density at radius 2 is 2.32 bits per heavy atom. The van der Waals surface area contributed by atoms with Gasteiger partial charge in [-0.2, -0.15) is 0 Å². The normalized spacial score (nSPS) is 21.2. The summed E-state index contributed by atoms with van der Waals surface area (Å²) >= 11 is 1.31. The minimum Gasteiger partial charge on any atom is -0.338 e. The predicted molar refractivity (Wildman–Crippen MR) is 80.8 cm³/mol. The molecular weight excluding hydrogens is 305 g/mol. The quantitative estimate of drug-likeness (QED) is 0.945. The average Bonchev–Trinajstić information content (AvgIpc) is 3.08. The van der Waals surface area contributed by atoms with Gasteiger partial charge in [0, 0.05) is 25.0 Å². The Hall–Kier alpha value is -2.28. The van der Waals surface area contributed by atoms with Crippen molar-refractivity contribution in [1.29, 1.82) is 0 Å². The molecule has 1 aliphatic heterocycles. The molecule has 114 valence electrons. The number of nitrogens with one attached hydrogen (secondary N) is 1. The standard InChI is InChI=1S/C15H14FN3O2S/c1-19-12(20)8-11(14(21)18-15-17-5-6-22-15)13(19)9-3-2-4-10(16)7-9/h2-7,11,13H,8H2,1H3,(H,17,18,21)/t11-,13-/m0/s1. The first kappa shape index (κ1) is 14.6. The van der Waals surface area contributed by atoms with Gasteiger partial charge in [-0.3, -0.25) is 9.59 Å². The molecule has 0 radical (unpaired) electrons. The Morgan fingerprint density at radius 3 is 3.00 bits per heavy atom. The molecule has 7 heteroatoms. The molecule has 2 atom stereocenters. The van der Waals surface area contributed by atoms with Crippen molar-refractivity contribution in [3.63, 3.8) is 0 Å². The number of amides is 2. The molecule has 0 spiro atoms. The van der Waals surface area contributed by atoms with Gasteiger partial charge in [0.05, 0.1) is 12.0 Å². The van der Waals surface area contributed by atoms with Crippen molar-refractivity contribution < 1.29 is 14.0 Å². The van der Waals surface area contributed by atoms with Crippen LogP contribution in [0, 0.1) is 11.7 Å². The summed E-state index contributed by atoms with van der Waals surface area (Å²) < 4.78 is 13.5. The van der Waals surface area contributed by atoms with Crippen LogP contribution in [-0.2, 0) is 9.59 Å². The first-order valence-corrected chi connectivity index (χ1v) is 7.65. The van der Waals surface area contributed by atoms with E-state index in [1.54, 1.807) is 30.8 Å². The molecule has 0 unspecified atom stereocenters. The Morgan fingerprint density at radius 1 is 1.50 bits per heavy atom. The van der Waals surface area contributed by atoms with E-state index in [0.717, 1.165) is 0 Å². The number of halogens is 1. The molecule has 1 saturated heterocycles. The first-order chi connectivity index (χ1) is 10.6. The summed E-state index contributed by atoms with van der Waals surface area (Å²) in [5.74, 6) is -1.36. The van der Waals surface area contributed by atoms with E-state index in [1.165, 1.54) is 28.4 Å². The largest absolute Gasteiger partial charge is 0.338 e. The maximum absolute atomic E-state index is 13.5. The van der Waals surface area contributed by atoms with Crippen LogP contribution < -0.4 is 5.32 Å². The molecule has 1 N–H and O–H groups in total. The fourth-order valence-corrected chi connectivity index (χ4v) is 3.27. The van der Waals surface area contributed by atoms with Gasteiger partial charge in [-0.15, -0.1) is 11.3 Å². The predicted octanol–water partition coefficient (Wildman–Crippen LogP) is 2.44. The number of hydrogen-bond donors (Lipinski definition) is 1. The van der Waals surface area contributed by atoms with Crippen LogP contribution in [0.2, 0.25) is 0 Å². The highest BCUT2D eigenvalue weighted by Gasteiger charge is 2.42. The van der Waals surface area contributed by atoms with Crippen LogP contribution in [0.25, 0.3) is 0 Å². The van der Waals surface area contributed by atoms with Crippen LogP contribution in [0.3, 0.4) is 0 Å². The van der Waals surface area contributed by atoms with E-state index in [1.807, 2.05) is 0 Å². The summed E-state index contributed by atoms with van der Waals surface area (Å²) in [6.45, 7) is 0. The van der Waals surface area contributed by atoms with Gasteiger partial charge < -0.3 is 10.2 Å². The van der Waals surface area contributed by atoms with E-state index in [0.29, 0.717) is 10.7 Å². The molecule has 0 saturated carbocycles. The van der Waals surface area contributed by atoms with Crippen molar-refractivity contribution >= 4 is 28.3 Å². The molecule has 0 bridgehead atoms. The van der Waals surface area contributed by atoms with Gasteiger partial charge in [0.25, 0.3) is 0 Å². The summed E-state index contributed by atoms with van der Waals surface area (Å²) in [5.41, 5.74) is 0.618. The lowest BCUT2D eigenvalue weighted by Crippen LogP contribution is -2.30. The van der Waals surface area contributed by atoms with Gasteiger partial charge in [-0.05, 0) is 17.7 Å². The van der Waals surface area contributed by atoms with Gasteiger partial charge in [0.2, 0.25) is 11.8 Å². The smallest absolute Gasteiger partial charge is 0.232 e. The molecule has 1 fully saturated rings. The van der Waals surface area contributed by atoms with Crippen LogP contribution in [0.1, 0.15) is 18.0 Å². The van der Waals surface area contributed by atoms with Crippen molar-refractivity contribution in [2.45, 2.75) is 12.5 Å². The highest BCUT2D eigenvalue weighted by molar-refractivity contribution is 7.13. The summed E-state index contributed by atoms with van der Waals surface area (Å²) in [4.78, 5) is 30.0. The summed E-state index contributed by atoms with van der Waals surface area (Å²) in [6, 6.07) is 5.54. The monoisotopic (exact) mass is 319 g/mol. The average molecular weight is 319 g/mol. The Balaban J connectivity index is 1.88. The fraction of sp³-hybridized carbons (Fsp3) is 0.267. The SMILES string of the molecule is CN1C(=O)C[C@H](C(=O)Nc2nccs2)[C@@H]1c1cccc(F)c1. The number of likely N-dealkylation sites (tertiary alicyclic amines) is 1. The van der Waals surface area contributed by atoms with E-state index in [4.69, 9.17) is 0 Å². The molecule has 2 amide bonds. The molecule has 5 nitrogen and oxygen atoms in total. The zero-order chi connectivity index (χ0) is 15.7. The summed E-state index contributed by atoms with van der Waals surface area (Å²) in [5, 5.41) is 4.96. The van der Waals surface area contributed by atoms with Crippen LogP contribution >= 0.6 is 11.3 Å². The third kappa shape index (κ3) is 2.71. The van der Waals surface area contributed by atoms with Crippen LogP contribution in [0.15, 0.2) is 35.8 Å². The number of hydrogen-bond acceptors (Lipinski definition) is 4. The highest BCUT2D eigenvalue weighted by Crippen LogP contribution is 2.37. The third-order valence-electron chi connectivity index (χ3n) is 3.78. The second-order valence-electron chi connectivity index (χ2n) is 5.14. The lowest BCUT2D eigenvalue weighted by atomic mass is 9.93. The van der Waals surface area contributed by atoms with Gasteiger partial charge in [-0.1, -0.05) is 12.1 Å². The third-order valence-corrected chi connectivity index (χ3v) is 4.46. The van der Waals surface area contributed by atoms with Crippen molar-refractivity contribution in [2.24, 2.45) is 5.92 Å². The fourth-order valence-electron chi connectivity index (χ4n) is 2.73. The van der Waals surface area contributed by atoms with E-state index < -0.39 is 12.0 Å². The Labute approximate surface area is 130 Å². The molecule has 2 aromatic rings. The zero-order valence-electron chi connectivity index (χ0n) is 11.8. The van der Waals surface area contributed by atoms with Crippen molar-refractivity contribution in [3.05, 3.63) is 47.2 Å². The first-order valence-electron chi connectivity index (χ1n) is 6.78. The number of carbonyl (C=O) groups excluding carboxylic acids is 2. The van der Waals surface area contributed by atoms with E-state index in [9.17, 15) is 14.0 Å². The molecule has 1 aromatic heterocycles. The van der Waals surface area contributed by atoms with Gasteiger partial charge in [0.15, 0.2) is 5.13 Å². The van der Waals surface area contributed by atoms with E-state index in [2.05, 4.69) is 10.3 Å². The van der Waals surface area contributed by atoms with Crippen molar-refractivity contribution in [2.75, 3.05) is 12.4 Å². The maximum atomic E-state index is 13.5. The number of carbonyl (C=O) groups is 2. The molecule has 22 heavy (non-hydrogen) atoms. The molecule has 1 aromatic carbocycles. The Bertz CT molecular complexity index is 705. The minimum absolute atomic E-state index is 0.106. The zero-order valence-corrected chi connectivity index (χ0v) is 12.6. The lowest BCUT2D eigenvalue weighted by Gasteiger charge is -2.24. The van der Waals surface area contributed by atoms with Crippen LogP contribution in [-0.4, -0.2) is 28.7 Å². The van der Waals surface area contributed by atoms with Crippen molar-refractivity contribution in [1.82, 2.24) is 9.88 Å². The molecule has 0 aliphatic carbocycles. The van der Waals surface area contributed by atoms with Gasteiger partial charge >= 0.3 is 0 Å². The lowest BCUT2D eigenvalue weighted by molar-refractivity contribution is -0.127. The topological polar surface area (TPSA) is 62.3 Å². The molecule has 3 rings (SSSR count). The van der Waals surface area contributed by atoms with Gasteiger partial charge in [0.1, 0.15) is 5.82 Å². The van der Waals surface area contributed by atoms with Crippen LogP contribution in [0.4, 0.5) is 9.52 Å². The van der Waals surface area contributed by atoms with Gasteiger partial charge in [-0.25, -0.2) is 9.37 Å². The van der Waals surface area contributed by atoms with E-state index in [-0.39, 0.29) is 24.1 Å². The summed E-state index contributed by atoms with van der Waals surface area (Å²) in [7, 11) is 1.63. The number of aromatic nitrogens is 1. The maximum Gasteiger partial charge on any atom is 0.232 e. The molecular formula is C15H14FN3O2S. The number of rotatable bonds is 3. The van der Waals surface area contributed by atoms with Crippen molar-refractivity contribution in [3.8, 4) is 0 Å². The second kappa shape index (κ2) is 5.84. The molecule has 2 heterocycles. The number of benzene rings is 1. The second-order valence-corrected chi connectivity index (χ2v) is 6.04. The Kier molecular flexibility index (Phi) is 3.89. The number of nitrogens with zero attached hydrogens (tertiary/aromatic N) is 2. The van der Waals surface area contributed by atoms with Crippen LogP contribution in [0.5, 0.6) is 0 Å². The highest BCUT2D eigenvalue weighted by atomic mass is 32.1. The number of thiazole rings is 1. The number of anilines is 1. The molecule has 1 aliphatic rings.